The van der Waals surface area contributed by atoms with Gasteiger partial charge in [-0.2, -0.15) is 0 Å². The highest BCUT2D eigenvalue weighted by molar-refractivity contribution is 7.91. The Labute approximate surface area is 182 Å². The van der Waals surface area contributed by atoms with E-state index in [1.54, 1.807) is 17.2 Å². The molecule has 1 N–H and O–H groups in total. The first-order valence-electron chi connectivity index (χ1n) is 10.3. The summed E-state index contributed by atoms with van der Waals surface area (Å²) in [5, 5.41) is 4.19. The van der Waals surface area contributed by atoms with Gasteiger partial charge in [0, 0.05) is 36.3 Å². The lowest BCUT2D eigenvalue weighted by molar-refractivity contribution is 0.0770. The van der Waals surface area contributed by atoms with Crippen LogP contribution in [0.4, 0.5) is 5.82 Å². The molecular weight excluding hydrogens is 422 g/mol. The lowest BCUT2D eigenvalue weighted by atomic mass is 9.79. The smallest absolute Gasteiger partial charge is 0.255 e. The molecule has 0 unspecified atom stereocenters. The molecule has 160 valence electrons. The highest BCUT2D eigenvalue weighted by atomic mass is 35.5. The highest BCUT2D eigenvalue weighted by Gasteiger charge is 2.35. The minimum absolute atomic E-state index is 0.0264. The molecule has 6 nitrogen and oxygen atoms in total. The van der Waals surface area contributed by atoms with Crippen LogP contribution in [0.5, 0.6) is 0 Å². The number of carbonyl (C=O) groups is 1. The molecule has 1 aromatic heterocycles. The van der Waals surface area contributed by atoms with Crippen molar-refractivity contribution in [2.24, 2.45) is 0 Å². The molecule has 0 atom stereocenters. The van der Waals surface area contributed by atoms with Gasteiger partial charge in [0.05, 0.1) is 17.1 Å². The first-order chi connectivity index (χ1) is 14.4. The van der Waals surface area contributed by atoms with Crippen molar-refractivity contribution in [3.63, 3.8) is 0 Å². The summed E-state index contributed by atoms with van der Waals surface area (Å²) in [6, 6.07) is 11.7. The number of halogens is 1. The zero-order valence-corrected chi connectivity index (χ0v) is 18.4. The number of sulfone groups is 1. The predicted octanol–water partition coefficient (Wildman–Crippen LogP) is 3.53. The third-order valence-corrected chi connectivity index (χ3v) is 8.13. The Morgan fingerprint density at radius 3 is 2.33 bits per heavy atom. The van der Waals surface area contributed by atoms with Crippen molar-refractivity contribution < 1.29 is 13.2 Å². The Morgan fingerprint density at radius 2 is 1.73 bits per heavy atom. The van der Waals surface area contributed by atoms with E-state index in [0.717, 1.165) is 30.2 Å². The van der Waals surface area contributed by atoms with E-state index in [2.05, 4.69) is 22.4 Å². The van der Waals surface area contributed by atoms with Crippen LogP contribution in [-0.4, -0.2) is 55.3 Å². The fourth-order valence-electron chi connectivity index (χ4n) is 4.41. The number of benzene rings is 1. The molecule has 2 heterocycles. The van der Waals surface area contributed by atoms with Crippen LogP contribution in [0.25, 0.3) is 0 Å². The zero-order valence-electron chi connectivity index (χ0n) is 16.8. The van der Waals surface area contributed by atoms with Gasteiger partial charge in [0.2, 0.25) is 0 Å². The monoisotopic (exact) mass is 447 g/mol. The van der Waals surface area contributed by atoms with Crippen LogP contribution in [-0.2, 0) is 15.3 Å². The molecule has 2 fully saturated rings. The normalized spacial score (nSPS) is 20.1. The minimum atomic E-state index is -3.01. The van der Waals surface area contributed by atoms with E-state index in [-0.39, 0.29) is 35.9 Å². The third-order valence-electron chi connectivity index (χ3n) is 6.27. The van der Waals surface area contributed by atoms with Crippen LogP contribution in [0, 0.1) is 0 Å². The van der Waals surface area contributed by atoms with E-state index in [1.165, 1.54) is 18.4 Å². The van der Waals surface area contributed by atoms with Crippen molar-refractivity contribution in [2.45, 2.75) is 31.1 Å². The Hall–Kier alpha value is -2.12. The van der Waals surface area contributed by atoms with Gasteiger partial charge >= 0.3 is 0 Å². The summed E-state index contributed by atoms with van der Waals surface area (Å²) in [4.78, 5) is 18.6. The van der Waals surface area contributed by atoms with Crippen molar-refractivity contribution in [1.29, 1.82) is 0 Å². The Kier molecular flexibility index (Phi) is 6.02. The first-order valence-corrected chi connectivity index (χ1v) is 12.5. The SMILES string of the molecule is O=C(c1ccc(NCC2(c3ccc(Cl)cc3)CCCC2)nc1)N1CCS(=O)(=O)CC1. The van der Waals surface area contributed by atoms with Crippen LogP contribution in [0.3, 0.4) is 0 Å². The molecule has 4 rings (SSSR count). The minimum Gasteiger partial charge on any atom is -0.369 e. The molecule has 0 bridgehead atoms. The van der Waals surface area contributed by atoms with Gasteiger partial charge in [0.25, 0.3) is 5.91 Å². The Balaban J connectivity index is 1.40. The number of hydrogen-bond acceptors (Lipinski definition) is 5. The molecule has 0 spiro atoms. The second-order valence-corrected chi connectivity index (χ2v) is 11.0. The second kappa shape index (κ2) is 8.55. The summed E-state index contributed by atoms with van der Waals surface area (Å²) < 4.78 is 23.1. The van der Waals surface area contributed by atoms with Gasteiger partial charge in [-0.1, -0.05) is 36.6 Å². The molecule has 1 aromatic carbocycles. The number of hydrogen-bond donors (Lipinski definition) is 1. The van der Waals surface area contributed by atoms with E-state index in [4.69, 9.17) is 11.6 Å². The number of pyridine rings is 1. The van der Waals surface area contributed by atoms with Crippen molar-refractivity contribution >= 4 is 33.2 Å². The molecule has 1 aliphatic carbocycles. The summed E-state index contributed by atoms with van der Waals surface area (Å²) in [6.07, 6.45) is 6.22. The molecule has 8 heteroatoms. The van der Waals surface area contributed by atoms with Crippen LogP contribution >= 0.6 is 11.6 Å². The average molecular weight is 448 g/mol. The number of rotatable bonds is 5. The largest absolute Gasteiger partial charge is 0.369 e. The molecular formula is C22H26ClN3O3S. The van der Waals surface area contributed by atoms with Gasteiger partial charge in [-0.3, -0.25) is 4.79 Å². The summed E-state index contributed by atoms with van der Waals surface area (Å²) in [5.41, 5.74) is 1.84. The van der Waals surface area contributed by atoms with E-state index in [0.29, 0.717) is 5.56 Å². The maximum atomic E-state index is 12.6. The fourth-order valence-corrected chi connectivity index (χ4v) is 5.73. The summed E-state index contributed by atoms with van der Waals surface area (Å²) in [6.45, 7) is 1.26. The molecule has 1 aliphatic heterocycles. The van der Waals surface area contributed by atoms with Crippen molar-refractivity contribution in [2.75, 3.05) is 36.5 Å². The van der Waals surface area contributed by atoms with Gasteiger partial charge in [-0.05, 0) is 42.7 Å². The molecule has 2 aromatic rings. The van der Waals surface area contributed by atoms with Gasteiger partial charge < -0.3 is 10.2 Å². The van der Waals surface area contributed by atoms with Crippen LogP contribution in [0.2, 0.25) is 5.02 Å². The van der Waals surface area contributed by atoms with Gasteiger partial charge in [-0.25, -0.2) is 13.4 Å². The lowest BCUT2D eigenvalue weighted by Crippen LogP contribution is -2.43. The number of nitrogens with one attached hydrogen (secondary N) is 1. The van der Waals surface area contributed by atoms with Crippen LogP contribution in [0.15, 0.2) is 42.6 Å². The highest BCUT2D eigenvalue weighted by Crippen LogP contribution is 2.41. The number of anilines is 1. The number of amides is 1. The maximum Gasteiger partial charge on any atom is 0.255 e. The van der Waals surface area contributed by atoms with E-state index in [9.17, 15) is 13.2 Å². The number of carbonyl (C=O) groups excluding carboxylic acids is 1. The first kappa shape index (κ1) is 21.1. The maximum absolute atomic E-state index is 12.6. The topological polar surface area (TPSA) is 79.4 Å². The molecule has 1 saturated heterocycles. The molecule has 2 aliphatic rings. The molecule has 30 heavy (non-hydrogen) atoms. The van der Waals surface area contributed by atoms with Crippen molar-refractivity contribution in [1.82, 2.24) is 9.88 Å². The van der Waals surface area contributed by atoms with Gasteiger partial charge in [0.15, 0.2) is 9.84 Å². The molecule has 1 saturated carbocycles. The Bertz CT molecular complexity index is 987. The van der Waals surface area contributed by atoms with Crippen molar-refractivity contribution in [3.05, 3.63) is 58.7 Å². The van der Waals surface area contributed by atoms with Gasteiger partial charge in [0.1, 0.15) is 5.82 Å². The average Bonchev–Trinajstić information content (AvgIpc) is 3.23. The summed E-state index contributed by atoms with van der Waals surface area (Å²) in [7, 11) is -3.01. The van der Waals surface area contributed by atoms with E-state index < -0.39 is 9.84 Å². The second-order valence-electron chi connectivity index (χ2n) is 8.22. The molecule has 0 radical (unpaired) electrons. The van der Waals surface area contributed by atoms with E-state index in [1.807, 2.05) is 18.2 Å². The Morgan fingerprint density at radius 1 is 1.07 bits per heavy atom. The lowest BCUT2D eigenvalue weighted by Gasteiger charge is -2.30. The predicted molar refractivity (Wildman–Crippen MR) is 119 cm³/mol. The molecule has 1 amide bonds. The summed E-state index contributed by atoms with van der Waals surface area (Å²) in [5.74, 6) is 0.613. The number of aromatic nitrogens is 1. The zero-order chi connectivity index (χ0) is 21.2. The third kappa shape index (κ3) is 4.62. The number of nitrogens with zero attached hydrogens (tertiary/aromatic N) is 2. The summed E-state index contributed by atoms with van der Waals surface area (Å²) >= 11 is 6.06. The van der Waals surface area contributed by atoms with E-state index >= 15 is 0 Å². The van der Waals surface area contributed by atoms with Gasteiger partial charge in [-0.15, -0.1) is 0 Å². The standard InChI is InChI=1S/C22H26ClN3O3S/c23-19-6-4-18(5-7-19)22(9-1-2-10-22)16-25-20-8-3-17(15-24-20)21(27)26-11-13-30(28,29)14-12-26/h3-8,15H,1-2,9-14,16H2,(H,24,25). The fraction of sp³-hybridized carbons (Fsp3) is 0.455. The van der Waals surface area contributed by atoms with Crippen molar-refractivity contribution in [3.8, 4) is 0 Å². The van der Waals surface area contributed by atoms with Crippen LogP contribution < -0.4 is 5.32 Å². The quantitative estimate of drug-likeness (QED) is 0.758. The van der Waals surface area contributed by atoms with Crippen LogP contribution in [0.1, 0.15) is 41.6 Å².